The maximum atomic E-state index is 11.0. The topological polar surface area (TPSA) is 83.8 Å². The Morgan fingerprint density at radius 3 is 2.53 bits per heavy atom. The van der Waals surface area contributed by atoms with E-state index >= 15 is 0 Å². The molecular weight excluding hydrogens is 200 g/mol. The van der Waals surface area contributed by atoms with E-state index in [0.717, 1.165) is 0 Å². The quantitative estimate of drug-likeness (QED) is 0.757. The van der Waals surface area contributed by atoms with Crippen molar-refractivity contribution in [2.24, 2.45) is 0 Å². The SMILES string of the molecule is O=C(O)c1ccc2c(c1C(=O)O)CCO2. The van der Waals surface area contributed by atoms with Crippen molar-refractivity contribution in [1.29, 1.82) is 0 Å². The summed E-state index contributed by atoms with van der Waals surface area (Å²) in [5.41, 5.74) is 0.131. The standard InChI is InChI=1S/C10H8O5/c11-9(12)6-1-2-7-5(3-4-15-7)8(6)10(13)14/h1-2H,3-4H2,(H,11,12)(H,13,14). The van der Waals surface area contributed by atoms with Gasteiger partial charge in [-0.1, -0.05) is 0 Å². The van der Waals surface area contributed by atoms with Crippen molar-refractivity contribution in [3.8, 4) is 5.75 Å². The Balaban J connectivity index is 2.69. The van der Waals surface area contributed by atoms with Crippen LogP contribution in [0.2, 0.25) is 0 Å². The van der Waals surface area contributed by atoms with E-state index in [1.165, 1.54) is 12.1 Å². The Morgan fingerprint density at radius 2 is 1.93 bits per heavy atom. The molecule has 0 bridgehead atoms. The lowest BCUT2D eigenvalue weighted by Crippen LogP contribution is -2.10. The van der Waals surface area contributed by atoms with Crippen LogP contribution in [-0.2, 0) is 6.42 Å². The van der Waals surface area contributed by atoms with Gasteiger partial charge in [-0.2, -0.15) is 0 Å². The van der Waals surface area contributed by atoms with Crippen LogP contribution in [0.15, 0.2) is 12.1 Å². The first-order valence-corrected chi connectivity index (χ1v) is 4.36. The van der Waals surface area contributed by atoms with Crippen molar-refractivity contribution in [2.75, 3.05) is 6.61 Å². The number of ether oxygens (including phenoxy) is 1. The van der Waals surface area contributed by atoms with Crippen molar-refractivity contribution in [3.05, 3.63) is 28.8 Å². The zero-order valence-corrected chi connectivity index (χ0v) is 7.69. The molecule has 1 heterocycles. The molecule has 0 saturated carbocycles. The second-order valence-corrected chi connectivity index (χ2v) is 3.17. The van der Waals surface area contributed by atoms with E-state index in [4.69, 9.17) is 14.9 Å². The molecule has 0 atom stereocenters. The normalized spacial score (nSPS) is 13.1. The molecule has 0 fully saturated rings. The Hall–Kier alpha value is -2.04. The molecule has 78 valence electrons. The number of carboxylic acid groups (broad SMARTS) is 2. The average Bonchev–Trinajstić information content (AvgIpc) is 2.62. The van der Waals surface area contributed by atoms with Gasteiger partial charge in [0.1, 0.15) is 5.75 Å². The zero-order chi connectivity index (χ0) is 11.0. The minimum Gasteiger partial charge on any atom is -0.493 e. The molecule has 5 nitrogen and oxygen atoms in total. The first-order valence-electron chi connectivity index (χ1n) is 4.36. The molecule has 1 aromatic rings. The molecule has 0 unspecified atom stereocenters. The van der Waals surface area contributed by atoms with Crippen LogP contribution < -0.4 is 4.74 Å². The van der Waals surface area contributed by atoms with Crippen LogP contribution in [0.3, 0.4) is 0 Å². The van der Waals surface area contributed by atoms with Crippen LogP contribution in [0.5, 0.6) is 5.75 Å². The second kappa shape index (κ2) is 3.27. The molecule has 2 N–H and O–H groups in total. The summed E-state index contributed by atoms with van der Waals surface area (Å²) in [6.45, 7) is 0.401. The highest BCUT2D eigenvalue weighted by molar-refractivity contribution is 6.03. The minimum atomic E-state index is -1.23. The molecule has 5 heteroatoms. The lowest BCUT2D eigenvalue weighted by Gasteiger charge is -2.06. The molecule has 2 rings (SSSR count). The van der Waals surface area contributed by atoms with Gasteiger partial charge in [0.05, 0.1) is 17.7 Å². The number of carbonyl (C=O) groups is 2. The summed E-state index contributed by atoms with van der Waals surface area (Å²) in [6, 6.07) is 2.76. The smallest absolute Gasteiger partial charge is 0.336 e. The molecular formula is C10H8O5. The predicted octanol–water partition coefficient (Wildman–Crippen LogP) is 1.02. The lowest BCUT2D eigenvalue weighted by atomic mass is 9.99. The fourth-order valence-corrected chi connectivity index (χ4v) is 1.70. The van der Waals surface area contributed by atoms with Crippen molar-refractivity contribution in [1.82, 2.24) is 0 Å². The summed E-state index contributed by atoms with van der Waals surface area (Å²) in [5, 5.41) is 17.8. The minimum absolute atomic E-state index is 0.155. The largest absolute Gasteiger partial charge is 0.493 e. The van der Waals surface area contributed by atoms with Crippen molar-refractivity contribution >= 4 is 11.9 Å². The van der Waals surface area contributed by atoms with Gasteiger partial charge in [-0.15, -0.1) is 0 Å². The Morgan fingerprint density at radius 1 is 1.20 bits per heavy atom. The van der Waals surface area contributed by atoms with E-state index in [1.54, 1.807) is 0 Å². The molecule has 15 heavy (non-hydrogen) atoms. The van der Waals surface area contributed by atoms with Crippen molar-refractivity contribution in [3.63, 3.8) is 0 Å². The van der Waals surface area contributed by atoms with Gasteiger partial charge in [-0.25, -0.2) is 9.59 Å². The molecule has 1 aliphatic heterocycles. The first-order chi connectivity index (χ1) is 7.11. The van der Waals surface area contributed by atoms with Crippen molar-refractivity contribution < 1.29 is 24.5 Å². The van der Waals surface area contributed by atoms with Crippen LogP contribution in [0.25, 0.3) is 0 Å². The van der Waals surface area contributed by atoms with E-state index in [0.29, 0.717) is 24.3 Å². The van der Waals surface area contributed by atoms with E-state index in [1.807, 2.05) is 0 Å². The van der Waals surface area contributed by atoms with Gasteiger partial charge in [0.2, 0.25) is 0 Å². The summed E-state index contributed by atoms with van der Waals surface area (Å²) in [5.74, 6) is -1.99. The number of hydrogen-bond donors (Lipinski definition) is 2. The van der Waals surface area contributed by atoms with E-state index < -0.39 is 11.9 Å². The molecule has 0 amide bonds. The summed E-state index contributed by atoms with van der Waals surface area (Å²) >= 11 is 0. The van der Waals surface area contributed by atoms with Gasteiger partial charge in [-0.05, 0) is 12.1 Å². The Bertz CT molecular complexity index is 449. The lowest BCUT2D eigenvalue weighted by molar-refractivity contribution is 0.0650. The average molecular weight is 208 g/mol. The molecule has 1 aromatic carbocycles. The summed E-state index contributed by atoms with van der Waals surface area (Å²) in [6.07, 6.45) is 0.443. The summed E-state index contributed by atoms with van der Waals surface area (Å²) in [4.78, 5) is 21.8. The molecule has 0 spiro atoms. The number of aromatic carboxylic acids is 2. The van der Waals surface area contributed by atoms with Gasteiger partial charge < -0.3 is 14.9 Å². The monoisotopic (exact) mass is 208 g/mol. The van der Waals surface area contributed by atoms with Crippen LogP contribution in [0.1, 0.15) is 26.3 Å². The third kappa shape index (κ3) is 1.41. The Kier molecular flexibility index (Phi) is 2.07. The van der Waals surface area contributed by atoms with E-state index in [-0.39, 0.29) is 11.1 Å². The van der Waals surface area contributed by atoms with Crippen LogP contribution in [0.4, 0.5) is 0 Å². The molecule has 0 saturated heterocycles. The Labute approximate surface area is 84.9 Å². The predicted molar refractivity (Wildman–Crippen MR) is 49.6 cm³/mol. The molecule has 1 aliphatic rings. The highest BCUT2D eigenvalue weighted by Gasteiger charge is 2.26. The number of benzene rings is 1. The van der Waals surface area contributed by atoms with Crippen LogP contribution >= 0.6 is 0 Å². The summed E-state index contributed by atoms with van der Waals surface area (Å²) in [7, 11) is 0. The van der Waals surface area contributed by atoms with Crippen LogP contribution in [-0.4, -0.2) is 28.8 Å². The molecule has 0 aromatic heterocycles. The maximum Gasteiger partial charge on any atom is 0.336 e. The fraction of sp³-hybridized carbons (Fsp3) is 0.200. The molecule has 0 aliphatic carbocycles. The maximum absolute atomic E-state index is 11.0. The highest BCUT2D eigenvalue weighted by Crippen LogP contribution is 2.30. The van der Waals surface area contributed by atoms with Gasteiger partial charge in [0, 0.05) is 12.0 Å². The highest BCUT2D eigenvalue weighted by atomic mass is 16.5. The first kappa shape index (κ1) is 9.51. The summed E-state index contributed by atoms with van der Waals surface area (Å²) < 4.78 is 5.17. The third-order valence-electron chi connectivity index (χ3n) is 2.32. The van der Waals surface area contributed by atoms with Crippen LogP contribution in [0, 0.1) is 0 Å². The molecule has 0 radical (unpaired) electrons. The number of carboxylic acids is 2. The number of rotatable bonds is 2. The second-order valence-electron chi connectivity index (χ2n) is 3.17. The third-order valence-corrected chi connectivity index (χ3v) is 2.32. The fourth-order valence-electron chi connectivity index (χ4n) is 1.70. The van der Waals surface area contributed by atoms with Gasteiger partial charge in [-0.3, -0.25) is 0 Å². The van der Waals surface area contributed by atoms with Gasteiger partial charge >= 0.3 is 11.9 Å². The van der Waals surface area contributed by atoms with Crippen molar-refractivity contribution in [2.45, 2.75) is 6.42 Å². The number of hydrogen-bond acceptors (Lipinski definition) is 3. The number of fused-ring (bicyclic) bond motifs is 1. The van der Waals surface area contributed by atoms with E-state index in [2.05, 4.69) is 0 Å². The van der Waals surface area contributed by atoms with Gasteiger partial charge in [0.25, 0.3) is 0 Å². The van der Waals surface area contributed by atoms with Gasteiger partial charge in [0.15, 0.2) is 0 Å². The van der Waals surface area contributed by atoms with E-state index in [9.17, 15) is 9.59 Å². The zero-order valence-electron chi connectivity index (χ0n) is 7.69.